The number of anilines is 1. The number of nitrogens with one attached hydrogen (secondary N) is 2. The van der Waals surface area contributed by atoms with E-state index in [1.165, 1.54) is 7.11 Å². The molecule has 0 unspecified atom stereocenters. The van der Waals surface area contributed by atoms with Gasteiger partial charge >= 0.3 is 0 Å². The molecule has 0 fully saturated rings. The molecule has 0 saturated carbocycles. The number of nitrogens with zero attached hydrogens (tertiary/aromatic N) is 1. The van der Waals surface area contributed by atoms with E-state index in [0.29, 0.717) is 22.2 Å². The molecule has 0 aliphatic heterocycles. The Balaban J connectivity index is 2.32. The third-order valence-electron chi connectivity index (χ3n) is 2.24. The van der Waals surface area contributed by atoms with Gasteiger partial charge in [0.25, 0.3) is 5.91 Å². The Kier molecular flexibility index (Phi) is 4.07. The number of hydrogen-bond acceptors (Lipinski definition) is 3. The zero-order valence-electron chi connectivity index (χ0n) is 9.33. The monoisotopic (exact) mass is 377 g/mol. The van der Waals surface area contributed by atoms with E-state index in [1.807, 2.05) is 0 Å². The lowest BCUT2D eigenvalue weighted by Gasteiger charge is -2.09. The molecule has 18 heavy (non-hydrogen) atoms. The van der Waals surface area contributed by atoms with Crippen molar-refractivity contribution in [3.63, 3.8) is 0 Å². The van der Waals surface area contributed by atoms with Crippen molar-refractivity contribution in [1.29, 1.82) is 0 Å². The Hall–Kier alpha value is -1.28. The highest BCUT2D eigenvalue weighted by molar-refractivity contribution is 14.1. The number of ether oxygens (including phenoxy) is 1. The van der Waals surface area contributed by atoms with E-state index in [1.54, 1.807) is 24.4 Å². The second-order valence-corrected chi connectivity index (χ2v) is 4.96. The number of methoxy groups -OCH3 is 1. The van der Waals surface area contributed by atoms with Gasteiger partial charge in [0.2, 0.25) is 0 Å². The van der Waals surface area contributed by atoms with Gasteiger partial charge in [0.15, 0.2) is 0 Å². The van der Waals surface area contributed by atoms with E-state index in [4.69, 9.17) is 16.3 Å². The first-order chi connectivity index (χ1) is 8.61. The van der Waals surface area contributed by atoms with Crippen LogP contribution in [0.5, 0.6) is 5.75 Å². The summed E-state index contributed by atoms with van der Waals surface area (Å²) in [6, 6.07) is 4.94. The van der Waals surface area contributed by atoms with Crippen molar-refractivity contribution < 1.29 is 9.53 Å². The molecule has 0 bridgehead atoms. The molecule has 5 nitrogen and oxygen atoms in total. The van der Waals surface area contributed by atoms with Crippen LogP contribution in [0.25, 0.3) is 0 Å². The van der Waals surface area contributed by atoms with Crippen LogP contribution in [0.3, 0.4) is 0 Å². The molecule has 0 saturated heterocycles. The lowest BCUT2D eigenvalue weighted by molar-refractivity contribution is 0.102. The normalized spacial score (nSPS) is 10.2. The quantitative estimate of drug-likeness (QED) is 0.808. The van der Waals surface area contributed by atoms with Crippen LogP contribution in [-0.4, -0.2) is 23.2 Å². The summed E-state index contributed by atoms with van der Waals surface area (Å²) in [6.07, 6.45) is 1.55. The van der Waals surface area contributed by atoms with Gasteiger partial charge in [-0.2, -0.15) is 5.10 Å². The van der Waals surface area contributed by atoms with Gasteiger partial charge in [-0.1, -0.05) is 11.6 Å². The number of amides is 1. The van der Waals surface area contributed by atoms with Gasteiger partial charge in [-0.25, -0.2) is 0 Å². The van der Waals surface area contributed by atoms with Gasteiger partial charge in [-0.3, -0.25) is 9.89 Å². The molecule has 0 aliphatic carbocycles. The molecule has 2 aromatic rings. The van der Waals surface area contributed by atoms with Crippen LogP contribution in [-0.2, 0) is 0 Å². The van der Waals surface area contributed by atoms with Crippen molar-refractivity contribution in [2.24, 2.45) is 0 Å². The molecule has 1 amide bonds. The molecule has 1 aromatic carbocycles. The van der Waals surface area contributed by atoms with Crippen molar-refractivity contribution in [1.82, 2.24) is 10.2 Å². The average Bonchev–Trinajstić information content (AvgIpc) is 2.84. The maximum absolute atomic E-state index is 12.1. The summed E-state index contributed by atoms with van der Waals surface area (Å²) in [7, 11) is 1.51. The predicted octanol–water partition coefficient (Wildman–Crippen LogP) is 2.93. The number of carbonyl (C=O) groups is 1. The standard InChI is InChI=1S/C11H9ClIN3O2/c1-18-9-5-8(13)7(12)4-6(9)11(17)15-10-2-3-14-16-10/h2-5H,1H3,(H2,14,15,16,17). The second-order valence-electron chi connectivity index (χ2n) is 3.39. The molecule has 1 aromatic heterocycles. The lowest BCUT2D eigenvalue weighted by Crippen LogP contribution is -2.13. The molecule has 2 N–H and O–H groups in total. The number of hydrogen-bond donors (Lipinski definition) is 2. The third kappa shape index (κ3) is 2.75. The number of aromatic nitrogens is 2. The molecule has 94 valence electrons. The van der Waals surface area contributed by atoms with Crippen LogP contribution in [0.4, 0.5) is 5.82 Å². The van der Waals surface area contributed by atoms with Crippen molar-refractivity contribution in [3.05, 3.63) is 38.6 Å². The fraction of sp³-hybridized carbons (Fsp3) is 0.0909. The molecule has 0 atom stereocenters. The SMILES string of the molecule is COc1cc(I)c(Cl)cc1C(=O)Nc1ccn[nH]1. The number of benzene rings is 1. The largest absolute Gasteiger partial charge is 0.496 e. The van der Waals surface area contributed by atoms with Gasteiger partial charge in [-0.15, -0.1) is 0 Å². The molecule has 1 heterocycles. The third-order valence-corrected chi connectivity index (χ3v) is 3.76. The highest BCUT2D eigenvalue weighted by Crippen LogP contribution is 2.28. The molecular formula is C11H9ClIN3O2. The summed E-state index contributed by atoms with van der Waals surface area (Å²) in [6.45, 7) is 0. The van der Waals surface area contributed by atoms with Crippen LogP contribution in [0.1, 0.15) is 10.4 Å². The Morgan fingerprint density at radius 3 is 2.94 bits per heavy atom. The Labute approximate surface area is 122 Å². The minimum Gasteiger partial charge on any atom is -0.496 e. The predicted molar refractivity (Wildman–Crippen MR) is 77.3 cm³/mol. The smallest absolute Gasteiger partial charge is 0.260 e. The number of H-pyrrole nitrogens is 1. The summed E-state index contributed by atoms with van der Waals surface area (Å²) in [4.78, 5) is 12.1. The topological polar surface area (TPSA) is 67.0 Å². The minimum atomic E-state index is -0.311. The van der Waals surface area contributed by atoms with Crippen LogP contribution in [0.2, 0.25) is 5.02 Å². The molecule has 0 radical (unpaired) electrons. The van der Waals surface area contributed by atoms with E-state index in [2.05, 4.69) is 38.1 Å². The first-order valence-electron chi connectivity index (χ1n) is 4.95. The van der Waals surface area contributed by atoms with Crippen molar-refractivity contribution in [2.75, 3.05) is 12.4 Å². The maximum Gasteiger partial charge on any atom is 0.260 e. The Morgan fingerprint density at radius 2 is 2.33 bits per heavy atom. The van der Waals surface area contributed by atoms with Gasteiger partial charge in [0.1, 0.15) is 11.6 Å². The lowest BCUT2D eigenvalue weighted by atomic mass is 10.2. The minimum absolute atomic E-state index is 0.311. The highest BCUT2D eigenvalue weighted by atomic mass is 127. The highest BCUT2D eigenvalue weighted by Gasteiger charge is 2.15. The zero-order chi connectivity index (χ0) is 13.1. The van der Waals surface area contributed by atoms with Gasteiger partial charge < -0.3 is 10.1 Å². The van der Waals surface area contributed by atoms with Gasteiger partial charge in [0.05, 0.1) is 23.9 Å². The summed E-state index contributed by atoms with van der Waals surface area (Å²) in [5.74, 6) is 0.673. The summed E-state index contributed by atoms with van der Waals surface area (Å²) in [5.41, 5.74) is 0.373. The second kappa shape index (κ2) is 5.57. The summed E-state index contributed by atoms with van der Waals surface area (Å²) < 4.78 is 5.99. The fourth-order valence-corrected chi connectivity index (χ4v) is 1.99. The molecule has 2 rings (SSSR count). The molecule has 7 heteroatoms. The van der Waals surface area contributed by atoms with Crippen LogP contribution < -0.4 is 10.1 Å². The van der Waals surface area contributed by atoms with Crippen LogP contribution in [0, 0.1) is 3.57 Å². The summed E-state index contributed by atoms with van der Waals surface area (Å²) in [5, 5.41) is 9.56. The van der Waals surface area contributed by atoms with Gasteiger partial charge in [-0.05, 0) is 34.7 Å². The number of aromatic amines is 1. The molecule has 0 aliphatic rings. The van der Waals surface area contributed by atoms with E-state index in [0.717, 1.165) is 3.57 Å². The average molecular weight is 378 g/mol. The Bertz CT molecular complexity index is 572. The van der Waals surface area contributed by atoms with Crippen molar-refractivity contribution >= 4 is 45.9 Å². The van der Waals surface area contributed by atoms with E-state index < -0.39 is 0 Å². The van der Waals surface area contributed by atoms with E-state index in [-0.39, 0.29) is 5.91 Å². The molecule has 0 spiro atoms. The zero-order valence-corrected chi connectivity index (χ0v) is 12.2. The van der Waals surface area contributed by atoms with Crippen LogP contribution in [0.15, 0.2) is 24.4 Å². The fourth-order valence-electron chi connectivity index (χ4n) is 1.39. The first-order valence-corrected chi connectivity index (χ1v) is 6.41. The van der Waals surface area contributed by atoms with Crippen molar-refractivity contribution in [2.45, 2.75) is 0 Å². The molecular weight excluding hydrogens is 368 g/mol. The number of carbonyl (C=O) groups excluding carboxylic acids is 1. The van der Waals surface area contributed by atoms with Crippen molar-refractivity contribution in [3.8, 4) is 5.75 Å². The first kappa shape index (κ1) is 13.2. The Morgan fingerprint density at radius 1 is 1.56 bits per heavy atom. The number of rotatable bonds is 3. The maximum atomic E-state index is 12.1. The summed E-state index contributed by atoms with van der Waals surface area (Å²) >= 11 is 8.08. The van der Waals surface area contributed by atoms with Gasteiger partial charge in [0, 0.05) is 9.64 Å². The number of halogens is 2. The van der Waals surface area contributed by atoms with Crippen LogP contribution >= 0.6 is 34.2 Å². The van der Waals surface area contributed by atoms with E-state index >= 15 is 0 Å². The van der Waals surface area contributed by atoms with E-state index in [9.17, 15) is 4.79 Å².